The lowest BCUT2D eigenvalue weighted by molar-refractivity contribution is 0.0554. The number of aliphatic hydroxyl groups is 1. The summed E-state index contributed by atoms with van der Waals surface area (Å²) in [5.41, 5.74) is 0.173. The highest BCUT2D eigenvalue weighted by Gasteiger charge is 2.39. The summed E-state index contributed by atoms with van der Waals surface area (Å²) in [7, 11) is 2.27. The predicted molar refractivity (Wildman–Crippen MR) is 158 cm³/mol. The molecule has 0 unspecified atom stereocenters. The SMILES string of the molecule is COC(=O)c1c2oc(c1C(=O)OC)C(=O)N[C@H](Cc1ccccc1)Cn1cc(nn1)C1(CCCCC1)NC(=O)N[C@H](CO)CC2. The van der Waals surface area contributed by atoms with E-state index in [0.29, 0.717) is 25.0 Å². The second-order valence-corrected chi connectivity index (χ2v) is 11.4. The number of methoxy groups -OCH3 is 2. The van der Waals surface area contributed by atoms with Gasteiger partial charge in [-0.15, -0.1) is 5.10 Å². The number of esters is 2. The van der Waals surface area contributed by atoms with Gasteiger partial charge >= 0.3 is 18.0 Å². The van der Waals surface area contributed by atoms with Crippen LogP contribution in [-0.4, -0.2) is 76.9 Å². The summed E-state index contributed by atoms with van der Waals surface area (Å²) in [5.74, 6) is -3.02. The number of carbonyl (C=O) groups is 4. The van der Waals surface area contributed by atoms with E-state index in [1.165, 1.54) is 0 Å². The van der Waals surface area contributed by atoms with Gasteiger partial charge in [0.15, 0.2) is 0 Å². The van der Waals surface area contributed by atoms with Crippen molar-refractivity contribution >= 4 is 23.9 Å². The second kappa shape index (κ2) is 13.9. The maximum Gasteiger partial charge on any atom is 0.342 e. The van der Waals surface area contributed by atoms with E-state index in [4.69, 9.17) is 13.9 Å². The van der Waals surface area contributed by atoms with E-state index < -0.39 is 53.9 Å². The second-order valence-electron chi connectivity index (χ2n) is 11.4. The van der Waals surface area contributed by atoms with Crippen molar-refractivity contribution in [3.05, 3.63) is 70.4 Å². The number of nitrogens with one attached hydrogen (secondary N) is 3. The summed E-state index contributed by atoms with van der Waals surface area (Å²) in [6.07, 6.45) is 6.42. The maximum atomic E-state index is 13.8. The number of carbonyl (C=O) groups excluding carboxylic acids is 4. The third kappa shape index (κ3) is 7.00. The Morgan fingerprint density at radius 2 is 1.73 bits per heavy atom. The van der Waals surface area contributed by atoms with Crippen molar-refractivity contribution in [3.63, 3.8) is 0 Å². The largest absolute Gasteiger partial charge is 0.465 e. The van der Waals surface area contributed by atoms with Gasteiger partial charge < -0.3 is 34.9 Å². The van der Waals surface area contributed by atoms with Gasteiger partial charge in [0, 0.05) is 6.42 Å². The summed E-state index contributed by atoms with van der Waals surface area (Å²) >= 11 is 0. The van der Waals surface area contributed by atoms with Crippen molar-refractivity contribution in [1.29, 1.82) is 0 Å². The monoisotopic (exact) mass is 622 g/mol. The lowest BCUT2D eigenvalue weighted by atomic mass is 9.79. The highest BCUT2D eigenvalue weighted by atomic mass is 16.5. The first kappa shape index (κ1) is 31.7. The summed E-state index contributed by atoms with van der Waals surface area (Å²) in [6.45, 7) is -0.212. The molecule has 45 heavy (non-hydrogen) atoms. The fraction of sp³-hybridized carbons (Fsp3) is 0.484. The van der Waals surface area contributed by atoms with Crippen LogP contribution in [-0.2, 0) is 34.4 Å². The molecule has 2 aliphatic rings. The van der Waals surface area contributed by atoms with Crippen molar-refractivity contribution in [2.75, 3.05) is 20.8 Å². The van der Waals surface area contributed by atoms with Gasteiger partial charge in [-0.25, -0.2) is 14.4 Å². The van der Waals surface area contributed by atoms with E-state index >= 15 is 0 Å². The molecule has 3 amide bonds. The molecular weight excluding hydrogens is 584 g/mol. The molecule has 4 bridgehead atoms. The Labute approximate surface area is 259 Å². The van der Waals surface area contributed by atoms with E-state index in [1.54, 1.807) is 10.9 Å². The van der Waals surface area contributed by atoms with Crippen LogP contribution in [0.2, 0.25) is 0 Å². The molecule has 1 aromatic carbocycles. The zero-order valence-electron chi connectivity index (χ0n) is 25.3. The van der Waals surface area contributed by atoms with Gasteiger partial charge in [0.2, 0.25) is 5.76 Å². The van der Waals surface area contributed by atoms with Gasteiger partial charge in [0.25, 0.3) is 5.91 Å². The molecular formula is C31H38N6O8. The lowest BCUT2D eigenvalue weighted by Crippen LogP contribution is -2.53. The molecule has 5 rings (SSSR count). The topological polar surface area (TPSA) is 187 Å². The van der Waals surface area contributed by atoms with E-state index in [0.717, 1.165) is 39.0 Å². The summed E-state index contributed by atoms with van der Waals surface area (Å²) in [5, 5.41) is 27.8. The quantitative estimate of drug-likeness (QED) is 0.308. The van der Waals surface area contributed by atoms with Crippen LogP contribution in [0.25, 0.3) is 0 Å². The number of hydrogen-bond acceptors (Lipinski definition) is 10. The third-order valence-electron chi connectivity index (χ3n) is 8.40. The van der Waals surface area contributed by atoms with Crippen LogP contribution >= 0.6 is 0 Å². The first-order valence-electron chi connectivity index (χ1n) is 15.0. The number of furan rings is 1. The normalized spacial score (nSPS) is 20.3. The minimum Gasteiger partial charge on any atom is -0.465 e. The average molecular weight is 623 g/mol. The zero-order chi connectivity index (χ0) is 32.0. The van der Waals surface area contributed by atoms with Gasteiger partial charge in [-0.2, -0.15) is 0 Å². The van der Waals surface area contributed by atoms with Crippen LogP contribution in [0.5, 0.6) is 0 Å². The van der Waals surface area contributed by atoms with Crippen LogP contribution in [0.1, 0.15) is 86.8 Å². The van der Waals surface area contributed by atoms with Crippen molar-refractivity contribution in [1.82, 2.24) is 30.9 Å². The number of aliphatic hydroxyl groups excluding tert-OH is 1. The van der Waals surface area contributed by atoms with Gasteiger partial charge in [-0.1, -0.05) is 54.8 Å². The van der Waals surface area contributed by atoms with E-state index in [9.17, 15) is 24.3 Å². The molecule has 2 atom stereocenters. The molecule has 1 saturated carbocycles. The zero-order valence-corrected chi connectivity index (χ0v) is 25.3. The van der Waals surface area contributed by atoms with Crippen LogP contribution < -0.4 is 16.0 Å². The molecule has 1 aliphatic heterocycles. The first-order chi connectivity index (χ1) is 21.8. The van der Waals surface area contributed by atoms with Crippen molar-refractivity contribution in [2.24, 2.45) is 0 Å². The fourth-order valence-electron chi connectivity index (χ4n) is 6.13. The van der Waals surface area contributed by atoms with Gasteiger partial charge in [0.1, 0.15) is 22.6 Å². The number of aryl methyl sites for hydroxylation is 1. The number of fused-ring (bicyclic) bond motifs is 5. The molecule has 3 aromatic rings. The molecule has 0 radical (unpaired) electrons. The van der Waals surface area contributed by atoms with Crippen molar-refractivity contribution in [2.45, 2.75) is 75.5 Å². The van der Waals surface area contributed by atoms with Crippen LogP contribution in [0.15, 0.2) is 40.9 Å². The van der Waals surface area contributed by atoms with E-state index in [2.05, 4.69) is 26.3 Å². The van der Waals surface area contributed by atoms with Gasteiger partial charge in [-0.05, 0) is 31.2 Å². The molecule has 1 spiro atoms. The van der Waals surface area contributed by atoms with Crippen molar-refractivity contribution in [3.8, 4) is 0 Å². The Kier molecular flexibility index (Phi) is 9.81. The molecule has 14 nitrogen and oxygen atoms in total. The Balaban J connectivity index is 1.59. The number of nitrogens with zero attached hydrogens (tertiary/aromatic N) is 3. The minimum atomic E-state index is -0.959. The molecule has 1 aliphatic carbocycles. The molecule has 0 saturated heterocycles. The molecule has 2 aromatic heterocycles. The number of benzene rings is 1. The number of amides is 3. The lowest BCUT2D eigenvalue weighted by Gasteiger charge is -2.36. The number of aromatic nitrogens is 3. The van der Waals surface area contributed by atoms with Crippen molar-refractivity contribution < 1.29 is 38.2 Å². The third-order valence-corrected chi connectivity index (χ3v) is 8.40. The van der Waals surface area contributed by atoms with Crippen LogP contribution in [0.4, 0.5) is 4.79 Å². The highest BCUT2D eigenvalue weighted by molar-refractivity contribution is 6.11. The van der Waals surface area contributed by atoms with E-state index in [-0.39, 0.29) is 36.3 Å². The Hall–Kier alpha value is -4.72. The number of rotatable bonds is 5. The Morgan fingerprint density at radius 3 is 2.42 bits per heavy atom. The summed E-state index contributed by atoms with van der Waals surface area (Å²) in [4.78, 5) is 53.1. The molecule has 14 heteroatoms. The molecule has 1 fully saturated rings. The average Bonchev–Trinajstić information content (AvgIpc) is 3.68. The van der Waals surface area contributed by atoms with Gasteiger partial charge in [-0.3, -0.25) is 9.48 Å². The van der Waals surface area contributed by atoms with Gasteiger partial charge in [0.05, 0.1) is 51.2 Å². The summed E-state index contributed by atoms with van der Waals surface area (Å²) in [6, 6.07) is 7.74. The number of hydrogen-bond donors (Lipinski definition) is 4. The minimum absolute atomic E-state index is 0.0127. The number of urea groups is 1. The smallest absolute Gasteiger partial charge is 0.342 e. The Bertz CT molecular complexity index is 1530. The fourth-order valence-corrected chi connectivity index (χ4v) is 6.13. The standard InChI is InChI=1S/C31H38N6O8/c1-43-28(40)24-22-12-11-20(18-38)33-30(42)34-31(13-7-4-8-14-31)23-17-37(36-35-23)16-21(15-19-9-5-3-6-10-19)32-27(39)26(45-22)25(24)29(41)44-2/h3,5-6,9-10,17,20-21,38H,4,7-8,11-16,18H2,1-2H3,(H,32,39)(H2,33,34,42)/t20-,21+/m0/s1. The highest BCUT2D eigenvalue weighted by Crippen LogP contribution is 2.36. The Morgan fingerprint density at radius 1 is 1.02 bits per heavy atom. The molecule has 240 valence electrons. The predicted octanol–water partition coefficient (Wildman–Crippen LogP) is 2.25. The first-order valence-corrected chi connectivity index (χ1v) is 15.0. The summed E-state index contributed by atoms with van der Waals surface area (Å²) < 4.78 is 17.4. The molecule has 4 N–H and O–H groups in total. The molecule has 3 heterocycles. The van der Waals surface area contributed by atoms with E-state index in [1.807, 2.05) is 30.3 Å². The van der Waals surface area contributed by atoms with Crippen LogP contribution in [0.3, 0.4) is 0 Å². The van der Waals surface area contributed by atoms with Crippen LogP contribution in [0, 0.1) is 0 Å². The maximum absolute atomic E-state index is 13.8. The number of ether oxygens (including phenoxy) is 2.